The quantitative estimate of drug-likeness (QED) is 0.724. The van der Waals surface area contributed by atoms with E-state index in [0.717, 1.165) is 11.4 Å². The van der Waals surface area contributed by atoms with Crippen molar-refractivity contribution in [1.29, 1.82) is 0 Å². The molecule has 0 amide bonds. The monoisotopic (exact) mass is 194 g/mol. The van der Waals surface area contributed by atoms with Crippen molar-refractivity contribution >= 4 is 5.91 Å². The third-order valence-corrected chi connectivity index (χ3v) is 2.61. The fourth-order valence-corrected chi connectivity index (χ4v) is 1.33. The number of aryl methyl sites for hydroxylation is 2. The highest BCUT2D eigenvalue weighted by atomic mass is 16.2. The van der Waals surface area contributed by atoms with Gasteiger partial charge in [-0.05, 0) is 25.8 Å². The van der Waals surface area contributed by atoms with Gasteiger partial charge in [-0.1, -0.05) is 20.8 Å². The van der Waals surface area contributed by atoms with Crippen LogP contribution in [0.4, 0.5) is 0 Å². The molecule has 0 aliphatic heterocycles. The van der Waals surface area contributed by atoms with E-state index in [1.165, 1.54) is 4.68 Å². The molecule has 3 nitrogen and oxygen atoms in total. The molecule has 1 rings (SSSR count). The van der Waals surface area contributed by atoms with Crippen molar-refractivity contribution in [3.63, 3.8) is 0 Å². The summed E-state index contributed by atoms with van der Waals surface area (Å²) in [6, 6.07) is 1.92. The van der Waals surface area contributed by atoms with E-state index in [0.29, 0.717) is 5.92 Å². The molecule has 0 radical (unpaired) electrons. The van der Waals surface area contributed by atoms with Gasteiger partial charge in [0, 0.05) is 11.6 Å². The summed E-state index contributed by atoms with van der Waals surface area (Å²) in [7, 11) is 0. The topological polar surface area (TPSA) is 34.9 Å². The molecule has 0 spiro atoms. The van der Waals surface area contributed by atoms with Gasteiger partial charge in [-0.25, -0.2) is 4.68 Å². The fraction of sp³-hybridized carbons (Fsp3) is 0.636. The normalized spacial score (nSPS) is 13.3. The lowest BCUT2D eigenvalue weighted by Crippen LogP contribution is -2.25. The first-order valence-electron chi connectivity index (χ1n) is 5.01. The molecule has 0 fully saturated rings. The Morgan fingerprint density at radius 3 is 2.29 bits per heavy atom. The van der Waals surface area contributed by atoms with Gasteiger partial charge in [0.1, 0.15) is 0 Å². The van der Waals surface area contributed by atoms with E-state index in [4.69, 9.17) is 0 Å². The maximum atomic E-state index is 11.9. The van der Waals surface area contributed by atoms with Crippen LogP contribution in [0, 0.1) is 25.7 Å². The second-order valence-corrected chi connectivity index (χ2v) is 4.21. The summed E-state index contributed by atoms with van der Waals surface area (Å²) in [4.78, 5) is 11.9. The molecule has 0 saturated carbocycles. The summed E-state index contributed by atoms with van der Waals surface area (Å²) in [6.07, 6.45) is 0. The molecule has 0 aliphatic rings. The minimum atomic E-state index is 0.0213. The van der Waals surface area contributed by atoms with Crippen LogP contribution >= 0.6 is 0 Å². The second kappa shape index (κ2) is 3.95. The number of carbonyl (C=O) groups excluding carboxylic acids is 1. The Labute approximate surface area is 85.1 Å². The van der Waals surface area contributed by atoms with Gasteiger partial charge in [0.25, 0.3) is 0 Å². The highest BCUT2D eigenvalue weighted by molar-refractivity contribution is 5.81. The van der Waals surface area contributed by atoms with E-state index < -0.39 is 0 Å². The van der Waals surface area contributed by atoms with Crippen LogP contribution in [-0.2, 0) is 0 Å². The van der Waals surface area contributed by atoms with Crippen molar-refractivity contribution < 1.29 is 4.79 Å². The van der Waals surface area contributed by atoms with E-state index in [-0.39, 0.29) is 11.8 Å². The van der Waals surface area contributed by atoms with Gasteiger partial charge in [0.05, 0.1) is 5.69 Å². The van der Waals surface area contributed by atoms with Gasteiger partial charge in [0.15, 0.2) is 0 Å². The van der Waals surface area contributed by atoms with Crippen molar-refractivity contribution in [2.45, 2.75) is 34.6 Å². The van der Waals surface area contributed by atoms with Crippen LogP contribution in [-0.4, -0.2) is 15.7 Å². The standard InChI is InChI=1S/C11H18N2O/c1-7(2)10(5)11(14)13-9(4)6-8(3)12-13/h6-7,10H,1-5H3. The lowest BCUT2D eigenvalue weighted by atomic mass is 9.97. The van der Waals surface area contributed by atoms with Crippen molar-refractivity contribution in [1.82, 2.24) is 9.78 Å². The summed E-state index contributed by atoms with van der Waals surface area (Å²) in [5.74, 6) is 0.463. The first-order chi connectivity index (χ1) is 6.43. The number of carbonyl (C=O) groups is 1. The summed E-state index contributed by atoms with van der Waals surface area (Å²) < 4.78 is 1.51. The molecular formula is C11H18N2O. The predicted octanol–water partition coefficient (Wildman–Crippen LogP) is 2.43. The SMILES string of the molecule is Cc1cc(C)n(C(=O)C(C)C(C)C)n1. The molecule has 0 aliphatic carbocycles. The Balaban J connectivity index is 2.95. The van der Waals surface area contributed by atoms with Gasteiger partial charge in [-0.15, -0.1) is 0 Å². The Morgan fingerprint density at radius 2 is 1.93 bits per heavy atom. The third-order valence-electron chi connectivity index (χ3n) is 2.61. The highest BCUT2D eigenvalue weighted by Gasteiger charge is 2.20. The van der Waals surface area contributed by atoms with Crippen molar-refractivity contribution in [3.05, 3.63) is 17.5 Å². The molecule has 1 aromatic rings. The minimum Gasteiger partial charge on any atom is -0.272 e. The zero-order chi connectivity index (χ0) is 10.9. The Morgan fingerprint density at radius 1 is 1.36 bits per heavy atom. The summed E-state index contributed by atoms with van der Waals surface area (Å²) >= 11 is 0. The molecule has 1 aromatic heterocycles. The van der Waals surface area contributed by atoms with Gasteiger partial charge >= 0.3 is 0 Å². The van der Waals surface area contributed by atoms with E-state index in [2.05, 4.69) is 5.10 Å². The first kappa shape index (κ1) is 11.0. The van der Waals surface area contributed by atoms with Gasteiger partial charge in [-0.2, -0.15) is 5.10 Å². The van der Waals surface area contributed by atoms with E-state index in [1.807, 2.05) is 40.7 Å². The zero-order valence-electron chi connectivity index (χ0n) is 9.53. The number of hydrogen-bond donors (Lipinski definition) is 0. The van der Waals surface area contributed by atoms with Crippen LogP contribution in [0.5, 0.6) is 0 Å². The van der Waals surface area contributed by atoms with Crippen LogP contribution in [0.1, 0.15) is 37.0 Å². The Kier molecular flexibility index (Phi) is 3.09. The molecule has 3 heteroatoms. The van der Waals surface area contributed by atoms with Crippen LogP contribution in [0.25, 0.3) is 0 Å². The lowest BCUT2D eigenvalue weighted by Gasteiger charge is -2.14. The zero-order valence-corrected chi connectivity index (χ0v) is 9.53. The van der Waals surface area contributed by atoms with Crippen LogP contribution < -0.4 is 0 Å². The minimum absolute atomic E-state index is 0.0213. The molecule has 78 valence electrons. The lowest BCUT2D eigenvalue weighted by molar-refractivity contribution is 0.0792. The molecule has 1 atom stereocenters. The van der Waals surface area contributed by atoms with Gasteiger partial charge < -0.3 is 0 Å². The number of aromatic nitrogens is 2. The molecule has 0 saturated heterocycles. The number of hydrogen-bond acceptors (Lipinski definition) is 2. The fourth-order valence-electron chi connectivity index (χ4n) is 1.33. The third kappa shape index (κ3) is 2.03. The van der Waals surface area contributed by atoms with E-state index in [9.17, 15) is 4.79 Å². The predicted molar refractivity (Wildman–Crippen MR) is 56.3 cm³/mol. The van der Waals surface area contributed by atoms with E-state index in [1.54, 1.807) is 0 Å². The maximum absolute atomic E-state index is 11.9. The molecule has 0 N–H and O–H groups in total. The highest BCUT2D eigenvalue weighted by Crippen LogP contribution is 2.13. The maximum Gasteiger partial charge on any atom is 0.250 e. The van der Waals surface area contributed by atoms with Gasteiger partial charge in [0.2, 0.25) is 5.91 Å². The van der Waals surface area contributed by atoms with Crippen LogP contribution in [0.15, 0.2) is 6.07 Å². The summed E-state index contributed by atoms with van der Waals surface area (Å²) in [5, 5.41) is 4.18. The summed E-state index contributed by atoms with van der Waals surface area (Å²) in [5.41, 5.74) is 1.81. The molecular weight excluding hydrogens is 176 g/mol. The smallest absolute Gasteiger partial charge is 0.250 e. The molecule has 0 aromatic carbocycles. The molecule has 14 heavy (non-hydrogen) atoms. The van der Waals surface area contributed by atoms with Crippen LogP contribution in [0.3, 0.4) is 0 Å². The number of rotatable bonds is 2. The van der Waals surface area contributed by atoms with Gasteiger partial charge in [-0.3, -0.25) is 4.79 Å². The van der Waals surface area contributed by atoms with Crippen molar-refractivity contribution in [2.75, 3.05) is 0 Å². The second-order valence-electron chi connectivity index (χ2n) is 4.21. The first-order valence-corrected chi connectivity index (χ1v) is 5.01. The van der Waals surface area contributed by atoms with Crippen molar-refractivity contribution in [3.8, 4) is 0 Å². The van der Waals surface area contributed by atoms with E-state index >= 15 is 0 Å². The number of nitrogens with zero attached hydrogens (tertiary/aromatic N) is 2. The molecule has 1 heterocycles. The van der Waals surface area contributed by atoms with Crippen LogP contribution in [0.2, 0.25) is 0 Å². The summed E-state index contributed by atoms with van der Waals surface area (Å²) in [6.45, 7) is 9.85. The Hall–Kier alpha value is -1.12. The Bertz CT molecular complexity index is 339. The molecule has 0 bridgehead atoms. The van der Waals surface area contributed by atoms with Crippen molar-refractivity contribution in [2.24, 2.45) is 11.8 Å². The molecule has 1 unspecified atom stereocenters. The average Bonchev–Trinajstić information content (AvgIpc) is 2.42. The average molecular weight is 194 g/mol. The largest absolute Gasteiger partial charge is 0.272 e.